The van der Waals surface area contributed by atoms with Gasteiger partial charge >= 0.3 is 0 Å². The van der Waals surface area contributed by atoms with Gasteiger partial charge in [-0.05, 0) is 43.9 Å². The Hall–Kier alpha value is -2.07. The summed E-state index contributed by atoms with van der Waals surface area (Å²) in [5, 5.41) is 10.4. The molecule has 2 aromatic rings. The topological polar surface area (TPSA) is 53.7 Å². The van der Waals surface area contributed by atoms with Crippen LogP contribution in [0.3, 0.4) is 0 Å². The molecule has 1 saturated heterocycles. The molecule has 3 rings (SSSR count). The second-order valence-corrected chi connectivity index (χ2v) is 6.56. The van der Waals surface area contributed by atoms with E-state index in [-0.39, 0.29) is 11.9 Å². The molecule has 128 valence electrons. The zero-order valence-corrected chi connectivity index (χ0v) is 14.1. The summed E-state index contributed by atoms with van der Waals surface area (Å²) in [6.45, 7) is 2.70. The number of aliphatic hydroxyl groups excluding tert-OH is 1. The van der Waals surface area contributed by atoms with Crippen molar-refractivity contribution in [3.63, 3.8) is 0 Å². The van der Waals surface area contributed by atoms with Crippen molar-refractivity contribution in [1.29, 1.82) is 0 Å². The van der Waals surface area contributed by atoms with E-state index in [1.54, 1.807) is 0 Å². The molecule has 1 aromatic carbocycles. The summed E-state index contributed by atoms with van der Waals surface area (Å²) in [6, 6.07) is 13.7. The van der Waals surface area contributed by atoms with Crippen LogP contribution in [0, 0.1) is 6.92 Å². The second kappa shape index (κ2) is 7.67. The molecule has 0 radical (unpaired) electrons. The number of aryl methyl sites for hydroxylation is 2. The molecule has 1 N–H and O–H groups in total. The number of carbonyl (C=O) groups excluding carboxylic acids is 1. The molecule has 0 spiro atoms. The summed E-state index contributed by atoms with van der Waals surface area (Å²) >= 11 is 0. The maximum atomic E-state index is 12.6. The Labute approximate surface area is 143 Å². The van der Waals surface area contributed by atoms with Crippen molar-refractivity contribution in [3.05, 3.63) is 59.5 Å². The van der Waals surface area contributed by atoms with Gasteiger partial charge in [-0.25, -0.2) is 0 Å². The van der Waals surface area contributed by atoms with Gasteiger partial charge in [0, 0.05) is 25.4 Å². The molecule has 0 aliphatic carbocycles. The minimum Gasteiger partial charge on any atom is -0.466 e. The van der Waals surface area contributed by atoms with Crippen LogP contribution in [0.25, 0.3) is 0 Å². The number of benzene rings is 1. The fourth-order valence-electron chi connectivity index (χ4n) is 3.47. The summed E-state index contributed by atoms with van der Waals surface area (Å²) in [6.07, 6.45) is 3.17. The Bertz CT molecular complexity index is 665. The lowest BCUT2D eigenvalue weighted by Crippen LogP contribution is -2.36. The normalized spacial score (nSPS) is 18.8. The second-order valence-electron chi connectivity index (χ2n) is 6.56. The number of hydrogen-bond donors (Lipinski definition) is 1. The van der Waals surface area contributed by atoms with Crippen LogP contribution in [-0.4, -0.2) is 28.5 Å². The Balaban J connectivity index is 1.55. The smallest absolute Gasteiger partial charge is 0.223 e. The summed E-state index contributed by atoms with van der Waals surface area (Å²) in [5.74, 6) is 1.90. The van der Waals surface area contributed by atoms with E-state index in [4.69, 9.17) is 4.42 Å². The summed E-state index contributed by atoms with van der Waals surface area (Å²) < 4.78 is 5.54. The first kappa shape index (κ1) is 16.8. The fourth-order valence-corrected chi connectivity index (χ4v) is 3.47. The molecule has 4 heteroatoms. The first-order valence-corrected chi connectivity index (χ1v) is 8.71. The summed E-state index contributed by atoms with van der Waals surface area (Å²) in [7, 11) is 0. The highest BCUT2D eigenvalue weighted by atomic mass is 16.3. The zero-order valence-electron chi connectivity index (χ0n) is 14.1. The molecule has 1 amide bonds. The fraction of sp³-hybridized carbons (Fsp3) is 0.450. The molecular formula is C20H25NO3. The van der Waals surface area contributed by atoms with Crippen molar-refractivity contribution in [2.24, 2.45) is 0 Å². The Morgan fingerprint density at radius 1 is 1.29 bits per heavy atom. The van der Waals surface area contributed by atoms with Gasteiger partial charge in [0.1, 0.15) is 11.5 Å². The third-order valence-corrected chi connectivity index (χ3v) is 4.76. The standard InChI is InChI=1S/C20H25NO3/c1-15-9-10-18(24-15)11-12-20(23)21-13-5-8-17(21)14-19(22)16-6-3-2-4-7-16/h2-4,6-7,9-10,17,19,22H,5,8,11-14H2,1H3. The molecule has 1 aliphatic rings. The maximum absolute atomic E-state index is 12.6. The maximum Gasteiger partial charge on any atom is 0.223 e. The average Bonchev–Trinajstić information content (AvgIpc) is 3.22. The highest BCUT2D eigenvalue weighted by Gasteiger charge is 2.30. The van der Waals surface area contributed by atoms with Crippen molar-refractivity contribution in [2.45, 2.75) is 51.2 Å². The molecule has 1 fully saturated rings. The highest BCUT2D eigenvalue weighted by molar-refractivity contribution is 5.77. The minimum absolute atomic E-state index is 0.131. The van der Waals surface area contributed by atoms with E-state index in [0.717, 1.165) is 36.5 Å². The number of likely N-dealkylation sites (tertiary alicyclic amines) is 1. The van der Waals surface area contributed by atoms with Gasteiger partial charge in [0.05, 0.1) is 6.10 Å². The number of hydrogen-bond acceptors (Lipinski definition) is 3. The van der Waals surface area contributed by atoms with E-state index in [2.05, 4.69) is 0 Å². The van der Waals surface area contributed by atoms with Gasteiger partial charge < -0.3 is 14.4 Å². The van der Waals surface area contributed by atoms with Crippen LogP contribution < -0.4 is 0 Å². The molecule has 1 aromatic heterocycles. The lowest BCUT2D eigenvalue weighted by atomic mass is 10.0. The van der Waals surface area contributed by atoms with Gasteiger partial charge in [-0.15, -0.1) is 0 Å². The van der Waals surface area contributed by atoms with Crippen molar-refractivity contribution < 1.29 is 14.3 Å². The van der Waals surface area contributed by atoms with E-state index in [0.29, 0.717) is 19.3 Å². The number of carbonyl (C=O) groups is 1. The van der Waals surface area contributed by atoms with E-state index in [1.807, 2.05) is 54.3 Å². The van der Waals surface area contributed by atoms with Crippen molar-refractivity contribution >= 4 is 5.91 Å². The molecule has 0 saturated carbocycles. The Kier molecular flexibility index (Phi) is 5.36. The van der Waals surface area contributed by atoms with E-state index < -0.39 is 6.10 Å². The first-order valence-electron chi connectivity index (χ1n) is 8.71. The van der Waals surface area contributed by atoms with Gasteiger partial charge in [0.25, 0.3) is 0 Å². The molecular weight excluding hydrogens is 302 g/mol. The highest BCUT2D eigenvalue weighted by Crippen LogP contribution is 2.28. The molecule has 1 aliphatic heterocycles. The predicted octanol–water partition coefficient (Wildman–Crippen LogP) is 3.64. The largest absolute Gasteiger partial charge is 0.466 e. The Morgan fingerprint density at radius 3 is 2.79 bits per heavy atom. The van der Waals surface area contributed by atoms with E-state index >= 15 is 0 Å². The van der Waals surface area contributed by atoms with E-state index in [9.17, 15) is 9.90 Å². The van der Waals surface area contributed by atoms with Crippen LogP contribution >= 0.6 is 0 Å². The third kappa shape index (κ3) is 4.06. The van der Waals surface area contributed by atoms with Gasteiger partial charge in [0.15, 0.2) is 0 Å². The van der Waals surface area contributed by atoms with Gasteiger partial charge in [0.2, 0.25) is 5.91 Å². The monoisotopic (exact) mass is 327 g/mol. The SMILES string of the molecule is Cc1ccc(CCC(=O)N2CCCC2CC(O)c2ccccc2)o1. The van der Waals surface area contributed by atoms with Crippen LogP contribution in [0.4, 0.5) is 0 Å². The van der Waals surface area contributed by atoms with Crippen molar-refractivity contribution in [3.8, 4) is 0 Å². The molecule has 2 heterocycles. The van der Waals surface area contributed by atoms with Crippen LogP contribution in [-0.2, 0) is 11.2 Å². The van der Waals surface area contributed by atoms with Crippen LogP contribution in [0.5, 0.6) is 0 Å². The van der Waals surface area contributed by atoms with Crippen molar-refractivity contribution in [2.75, 3.05) is 6.54 Å². The molecule has 0 bridgehead atoms. The number of nitrogens with zero attached hydrogens (tertiary/aromatic N) is 1. The van der Waals surface area contributed by atoms with Crippen molar-refractivity contribution in [1.82, 2.24) is 4.90 Å². The lowest BCUT2D eigenvalue weighted by Gasteiger charge is -2.26. The lowest BCUT2D eigenvalue weighted by molar-refractivity contribution is -0.132. The van der Waals surface area contributed by atoms with E-state index in [1.165, 1.54) is 0 Å². The number of rotatable bonds is 6. The van der Waals surface area contributed by atoms with Crippen LogP contribution in [0.2, 0.25) is 0 Å². The zero-order chi connectivity index (χ0) is 16.9. The number of furan rings is 1. The summed E-state index contributed by atoms with van der Waals surface area (Å²) in [4.78, 5) is 14.5. The van der Waals surface area contributed by atoms with Crippen LogP contribution in [0.1, 0.15) is 48.9 Å². The molecule has 2 atom stereocenters. The minimum atomic E-state index is -0.516. The number of aliphatic hydroxyl groups is 1. The predicted molar refractivity (Wildman–Crippen MR) is 92.5 cm³/mol. The Morgan fingerprint density at radius 2 is 2.08 bits per heavy atom. The summed E-state index contributed by atoms with van der Waals surface area (Å²) in [5.41, 5.74) is 0.919. The number of amides is 1. The van der Waals surface area contributed by atoms with Gasteiger partial charge in [-0.3, -0.25) is 4.79 Å². The average molecular weight is 327 g/mol. The molecule has 24 heavy (non-hydrogen) atoms. The molecule has 2 unspecified atom stereocenters. The van der Waals surface area contributed by atoms with Gasteiger partial charge in [-0.1, -0.05) is 30.3 Å². The quantitative estimate of drug-likeness (QED) is 0.881. The first-order chi connectivity index (χ1) is 11.6. The molecule has 4 nitrogen and oxygen atoms in total. The van der Waals surface area contributed by atoms with Crippen LogP contribution in [0.15, 0.2) is 46.9 Å². The third-order valence-electron chi connectivity index (χ3n) is 4.76. The van der Waals surface area contributed by atoms with Gasteiger partial charge in [-0.2, -0.15) is 0 Å².